The predicted octanol–water partition coefficient (Wildman–Crippen LogP) is 2.10. The summed E-state index contributed by atoms with van der Waals surface area (Å²) in [6.07, 6.45) is 3.12. The van der Waals surface area contributed by atoms with Crippen molar-refractivity contribution in [1.29, 1.82) is 0 Å². The lowest BCUT2D eigenvalue weighted by molar-refractivity contribution is 0.473. The van der Waals surface area contributed by atoms with Gasteiger partial charge in [-0.15, -0.1) is 0 Å². The zero-order valence-electron chi connectivity index (χ0n) is 9.92. The first-order valence-corrected chi connectivity index (χ1v) is 5.86. The second-order valence-corrected chi connectivity index (χ2v) is 4.35. The summed E-state index contributed by atoms with van der Waals surface area (Å²) in [5.74, 6) is 0.775. The maximum atomic E-state index is 11.6. The molecule has 0 atom stereocenters. The van der Waals surface area contributed by atoms with Crippen LogP contribution in [0.4, 0.5) is 0 Å². The maximum absolute atomic E-state index is 11.6. The molecule has 7 heteroatoms. The minimum Gasteiger partial charge on any atom is -0.454 e. The number of fused-ring (bicyclic) bond motifs is 1. The number of hydrogen-bond donors (Lipinski definition) is 1. The number of aromatic amines is 1. The van der Waals surface area contributed by atoms with E-state index in [4.69, 9.17) is 16.3 Å². The van der Waals surface area contributed by atoms with Gasteiger partial charge in [0.25, 0.3) is 5.56 Å². The van der Waals surface area contributed by atoms with Gasteiger partial charge in [-0.25, -0.2) is 4.68 Å². The minimum absolute atomic E-state index is 0.00204. The van der Waals surface area contributed by atoms with Crippen molar-refractivity contribution in [3.8, 4) is 11.5 Å². The number of nitrogens with one attached hydrogen (secondary N) is 1. The van der Waals surface area contributed by atoms with Gasteiger partial charge in [0.2, 0.25) is 0 Å². The highest BCUT2D eigenvalue weighted by Gasteiger charge is 2.10. The summed E-state index contributed by atoms with van der Waals surface area (Å²) in [4.78, 5) is 11.6. The van der Waals surface area contributed by atoms with Crippen LogP contribution in [0.5, 0.6) is 11.5 Å². The van der Waals surface area contributed by atoms with Gasteiger partial charge < -0.3 is 4.74 Å². The Morgan fingerprint density at radius 2 is 2.21 bits per heavy atom. The summed E-state index contributed by atoms with van der Waals surface area (Å²) in [6, 6.07) is 5.40. The molecule has 3 rings (SSSR count). The van der Waals surface area contributed by atoms with Gasteiger partial charge in [-0.1, -0.05) is 11.6 Å². The Hall–Kier alpha value is -2.34. The molecule has 6 nitrogen and oxygen atoms in total. The van der Waals surface area contributed by atoms with Crippen LogP contribution in [0, 0.1) is 0 Å². The highest BCUT2D eigenvalue weighted by molar-refractivity contribution is 6.31. The second kappa shape index (κ2) is 4.40. The molecule has 0 saturated heterocycles. The van der Waals surface area contributed by atoms with Crippen molar-refractivity contribution in [3.63, 3.8) is 0 Å². The fourth-order valence-electron chi connectivity index (χ4n) is 1.67. The number of ether oxygens (including phenoxy) is 1. The number of aromatic nitrogens is 4. The van der Waals surface area contributed by atoms with E-state index in [1.165, 1.54) is 13.2 Å². The highest BCUT2D eigenvalue weighted by atomic mass is 35.5. The monoisotopic (exact) mass is 276 g/mol. The van der Waals surface area contributed by atoms with E-state index in [9.17, 15) is 4.79 Å². The van der Waals surface area contributed by atoms with Gasteiger partial charge >= 0.3 is 0 Å². The summed E-state index contributed by atoms with van der Waals surface area (Å²) in [5, 5.41) is 11.6. The third-order valence-electron chi connectivity index (χ3n) is 2.69. The van der Waals surface area contributed by atoms with Crippen molar-refractivity contribution in [3.05, 3.63) is 46.0 Å². The number of hydrogen-bond acceptors (Lipinski definition) is 4. The van der Waals surface area contributed by atoms with Gasteiger partial charge in [-0.05, 0) is 12.1 Å². The normalized spacial score (nSPS) is 10.8. The Morgan fingerprint density at radius 1 is 1.37 bits per heavy atom. The summed E-state index contributed by atoms with van der Waals surface area (Å²) in [7, 11) is 1.52. The molecule has 3 aromatic rings. The molecule has 0 unspecified atom stereocenters. The molecule has 0 amide bonds. The summed E-state index contributed by atoms with van der Waals surface area (Å²) in [6.45, 7) is 0. The van der Waals surface area contributed by atoms with Gasteiger partial charge in [0.05, 0.1) is 17.9 Å². The minimum atomic E-state index is -0.401. The van der Waals surface area contributed by atoms with Crippen LogP contribution in [0.2, 0.25) is 5.02 Å². The fraction of sp³-hybridized carbons (Fsp3) is 0.0833. The van der Waals surface area contributed by atoms with Gasteiger partial charge in [0.1, 0.15) is 5.75 Å². The number of benzene rings is 1. The van der Waals surface area contributed by atoms with Crippen molar-refractivity contribution in [2.45, 2.75) is 0 Å². The molecule has 1 aromatic carbocycles. The van der Waals surface area contributed by atoms with Gasteiger partial charge in [-0.2, -0.15) is 10.2 Å². The standard InChI is InChI=1S/C12H9ClN4O2/c1-17-12(18)11(13)10(6-15-17)19-8-3-2-7-5-14-16-9(7)4-8/h2-6H,1H3,(H,14,16). The third kappa shape index (κ3) is 2.06. The average molecular weight is 277 g/mol. The van der Waals surface area contributed by atoms with Crippen LogP contribution in [-0.4, -0.2) is 20.0 Å². The predicted molar refractivity (Wildman–Crippen MR) is 70.7 cm³/mol. The van der Waals surface area contributed by atoms with Gasteiger partial charge in [-0.3, -0.25) is 9.89 Å². The molecule has 0 aliphatic carbocycles. The van der Waals surface area contributed by atoms with E-state index in [1.807, 2.05) is 6.07 Å². The van der Waals surface area contributed by atoms with Gasteiger partial charge in [0.15, 0.2) is 10.8 Å². The molecule has 0 aliphatic heterocycles. The molecule has 2 heterocycles. The quantitative estimate of drug-likeness (QED) is 0.778. The van der Waals surface area contributed by atoms with Gasteiger partial charge in [0, 0.05) is 18.5 Å². The Morgan fingerprint density at radius 3 is 3.05 bits per heavy atom. The van der Waals surface area contributed by atoms with Crippen molar-refractivity contribution >= 4 is 22.5 Å². The van der Waals surface area contributed by atoms with Crippen molar-refractivity contribution in [2.24, 2.45) is 7.05 Å². The Balaban J connectivity index is 2.00. The number of H-pyrrole nitrogens is 1. The van der Waals surface area contributed by atoms with Crippen molar-refractivity contribution in [1.82, 2.24) is 20.0 Å². The molecule has 0 aliphatic rings. The first-order valence-electron chi connectivity index (χ1n) is 5.48. The number of rotatable bonds is 2. The second-order valence-electron chi connectivity index (χ2n) is 3.97. The van der Waals surface area contributed by atoms with Crippen LogP contribution in [0.15, 0.2) is 35.4 Å². The summed E-state index contributed by atoms with van der Waals surface area (Å²) < 4.78 is 6.71. The van der Waals surface area contributed by atoms with E-state index in [2.05, 4.69) is 15.3 Å². The third-order valence-corrected chi connectivity index (χ3v) is 3.04. The SMILES string of the molecule is Cn1ncc(Oc2ccc3cn[nH]c3c2)c(Cl)c1=O. The molecule has 0 fully saturated rings. The molecule has 0 radical (unpaired) electrons. The van der Waals surface area contributed by atoms with Crippen LogP contribution in [-0.2, 0) is 7.05 Å². The largest absolute Gasteiger partial charge is 0.454 e. The Bertz CT molecular complexity index is 809. The lowest BCUT2D eigenvalue weighted by Gasteiger charge is -2.07. The van der Waals surface area contributed by atoms with Crippen LogP contribution >= 0.6 is 11.6 Å². The van der Waals surface area contributed by atoms with Crippen molar-refractivity contribution < 1.29 is 4.74 Å². The lowest BCUT2D eigenvalue weighted by Crippen LogP contribution is -2.19. The van der Waals surface area contributed by atoms with Crippen LogP contribution in [0.3, 0.4) is 0 Å². The van der Waals surface area contributed by atoms with Crippen LogP contribution < -0.4 is 10.3 Å². The van der Waals surface area contributed by atoms with E-state index in [-0.39, 0.29) is 10.8 Å². The zero-order chi connectivity index (χ0) is 13.4. The van der Waals surface area contributed by atoms with Crippen LogP contribution in [0.1, 0.15) is 0 Å². The molecule has 1 N–H and O–H groups in total. The Kier molecular flexibility index (Phi) is 2.72. The number of halogens is 1. The number of nitrogens with zero attached hydrogens (tertiary/aromatic N) is 3. The van der Waals surface area contributed by atoms with E-state index >= 15 is 0 Å². The highest BCUT2D eigenvalue weighted by Crippen LogP contribution is 2.27. The smallest absolute Gasteiger partial charge is 0.289 e. The first-order chi connectivity index (χ1) is 9.15. The molecule has 96 valence electrons. The summed E-state index contributed by atoms with van der Waals surface area (Å²) >= 11 is 5.93. The van der Waals surface area contributed by atoms with E-state index in [1.54, 1.807) is 18.3 Å². The van der Waals surface area contributed by atoms with E-state index < -0.39 is 5.56 Å². The fourth-order valence-corrected chi connectivity index (χ4v) is 1.88. The molecule has 2 aromatic heterocycles. The first kappa shape index (κ1) is 11.7. The molecule has 19 heavy (non-hydrogen) atoms. The lowest BCUT2D eigenvalue weighted by atomic mass is 10.2. The Labute approximate surface area is 112 Å². The molecule has 0 spiro atoms. The average Bonchev–Trinajstić information content (AvgIpc) is 2.87. The molecule has 0 bridgehead atoms. The molecule has 0 saturated carbocycles. The van der Waals surface area contributed by atoms with Crippen LogP contribution in [0.25, 0.3) is 10.9 Å². The maximum Gasteiger partial charge on any atom is 0.289 e. The molecular weight excluding hydrogens is 268 g/mol. The zero-order valence-corrected chi connectivity index (χ0v) is 10.7. The van der Waals surface area contributed by atoms with E-state index in [0.29, 0.717) is 5.75 Å². The summed E-state index contributed by atoms with van der Waals surface area (Å²) in [5.41, 5.74) is 0.437. The van der Waals surface area contributed by atoms with E-state index in [0.717, 1.165) is 15.6 Å². The van der Waals surface area contributed by atoms with Crippen molar-refractivity contribution in [2.75, 3.05) is 0 Å². The molecular formula is C12H9ClN4O2. The topological polar surface area (TPSA) is 72.8 Å². The number of aryl methyl sites for hydroxylation is 1.